The van der Waals surface area contributed by atoms with Crippen molar-refractivity contribution in [3.05, 3.63) is 105 Å². The molecule has 48 heavy (non-hydrogen) atoms. The van der Waals surface area contributed by atoms with E-state index in [1.54, 1.807) is 17.7 Å². The monoisotopic (exact) mass is 655 g/mol. The van der Waals surface area contributed by atoms with E-state index in [2.05, 4.69) is 91.8 Å². The number of carbonyl (C=O) groups excluding carboxylic acids is 2. The highest BCUT2D eigenvalue weighted by Gasteiger charge is 2.27. The van der Waals surface area contributed by atoms with Crippen molar-refractivity contribution in [2.75, 3.05) is 6.61 Å². The van der Waals surface area contributed by atoms with E-state index in [0.29, 0.717) is 12.0 Å². The number of nitriles is 1. The minimum absolute atomic E-state index is 0.251. The fourth-order valence-electron chi connectivity index (χ4n) is 6.01. The molecule has 0 unspecified atom stereocenters. The van der Waals surface area contributed by atoms with Crippen LogP contribution in [0.2, 0.25) is 0 Å². The van der Waals surface area contributed by atoms with E-state index in [-0.39, 0.29) is 11.4 Å². The Hall–Kier alpha value is -3.71. The summed E-state index contributed by atoms with van der Waals surface area (Å²) in [5, 5.41) is 7.32. The molecular formula is C44H65NO3. The molecule has 0 radical (unpaired) electrons. The van der Waals surface area contributed by atoms with Gasteiger partial charge in [-0.15, -0.1) is 0 Å². The Morgan fingerprint density at radius 1 is 0.792 bits per heavy atom. The summed E-state index contributed by atoms with van der Waals surface area (Å²) < 4.78 is 4.89. The van der Waals surface area contributed by atoms with Gasteiger partial charge >= 0.3 is 5.97 Å². The summed E-state index contributed by atoms with van der Waals surface area (Å²) in [6.45, 7) is 25.4. The lowest BCUT2D eigenvalue weighted by Gasteiger charge is -2.33. The van der Waals surface area contributed by atoms with Gasteiger partial charge in [-0.2, -0.15) is 5.26 Å². The normalized spacial score (nSPS) is 18.7. The third-order valence-electron chi connectivity index (χ3n) is 8.88. The molecule has 0 spiro atoms. The number of esters is 1. The molecule has 0 heterocycles. The number of aldehydes is 1. The summed E-state index contributed by atoms with van der Waals surface area (Å²) in [5.41, 5.74) is 11.4. The Balaban J connectivity index is 0.000000856. The van der Waals surface area contributed by atoms with Crippen molar-refractivity contribution in [3.63, 3.8) is 0 Å². The zero-order valence-corrected chi connectivity index (χ0v) is 32.4. The van der Waals surface area contributed by atoms with Gasteiger partial charge in [0.05, 0.1) is 6.07 Å². The molecule has 4 heteroatoms. The van der Waals surface area contributed by atoms with E-state index in [1.165, 1.54) is 80.2 Å². The minimum atomic E-state index is -0.251. The molecule has 0 aromatic heterocycles. The summed E-state index contributed by atoms with van der Waals surface area (Å²) in [4.78, 5) is 21.1. The smallest absolute Gasteiger partial charge is 0.302 e. The summed E-state index contributed by atoms with van der Waals surface area (Å²) in [5.74, 6) is -0.251. The van der Waals surface area contributed by atoms with E-state index < -0.39 is 0 Å². The molecule has 0 saturated carbocycles. The predicted octanol–water partition coefficient (Wildman–Crippen LogP) is 12.6. The Bertz CT molecular complexity index is 1370. The second kappa shape index (κ2) is 23.6. The van der Waals surface area contributed by atoms with Crippen LogP contribution in [0.15, 0.2) is 105 Å². The molecular weight excluding hydrogens is 590 g/mol. The number of ether oxygens (including phenoxy) is 1. The first-order valence-electron chi connectivity index (χ1n) is 17.5. The maximum atomic E-state index is 10.7. The number of hydrogen-bond acceptors (Lipinski definition) is 4. The van der Waals surface area contributed by atoms with Gasteiger partial charge in [-0.1, -0.05) is 110 Å². The molecule has 0 saturated heterocycles. The molecule has 2 aliphatic carbocycles. The lowest BCUT2D eigenvalue weighted by molar-refractivity contribution is -0.139. The molecule has 2 aliphatic rings. The average molecular weight is 656 g/mol. The van der Waals surface area contributed by atoms with Crippen molar-refractivity contribution in [1.29, 1.82) is 5.26 Å². The van der Waals surface area contributed by atoms with Crippen LogP contribution in [-0.4, -0.2) is 18.9 Å². The zero-order valence-electron chi connectivity index (χ0n) is 32.4. The first-order chi connectivity index (χ1) is 22.5. The first kappa shape index (κ1) is 44.3. The van der Waals surface area contributed by atoms with Crippen LogP contribution in [-0.2, 0) is 14.3 Å². The van der Waals surface area contributed by atoms with Crippen LogP contribution < -0.4 is 0 Å². The van der Waals surface area contributed by atoms with Crippen LogP contribution in [0.1, 0.15) is 134 Å². The number of hydrogen-bond donors (Lipinski definition) is 0. The second-order valence-corrected chi connectivity index (χ2v) is 14.4. The highest BCUT2D eigenvalue weighted by molar-refractivity contribution is 5.66. The molecule has 0 amide bonds. The van der Waals surface area contributed by atoms with Crippen molar-refractivity contribution >= 4 is 12.3 Å². The highest BCUT2D eigenvalue weighted by Crippen LogP contribution is 2.41. The van der Waals surface area contributed by atoms with Gasteiger partial charge in [0.15, 0.2) is 0 Å². The van der Waals surface area contributed by atoms with Crippen LogP contribution in [0.25, 0.3) is 0 Å². The molecule has 264 valence electrons. The van der Waals surface area contributed by atoms with Crippen molar-refractivity contribution in [1.82, 2.24) is 0 Å². The molecule has 0 aliphatic heterocycles. The van der Waals surface area contributed by atoms with Crippen molar-refractivity contribution in [3.8, 4) is 6.07 Å². The minimum Gasteiger partial charge on any atom is -0.462 e. The molecule has 0 atom stereocenters. The fourth-order valence-corrected chi connectivity index (χ4v) is 6.01. The van der Waals surface area contributed by atoms with Gasteiger partial charge in [0.2, 0.25) is 0 Å². The number of nitrogens with zero attached hydrogens (tertiary/aromatic N) is 1. The van der Waals surface area contributed by atoms with E-state index >= 15 is 0 Å². The highest BCUT2D eigenvalue weighted by atomic mass is 16.5. The summed E-state index contributed by atoms with van der Waals surface area (Å²) in [6.07, 6.45) is 31.4. The van der Waals surface area contributed by atoms with E-state index in [1.807, 2.05) is 32.1 Å². The molecule has 0 aromatic carbocycles. The molecule has 0 bridgehead atoms. The van der Waals surface area contributed by atoms with E-state index in [9.17, 15) is 9.59 Å². The second-order valence-electron chi connectivity index (χ2n) is 14.4. The Labute approximate surface area is 294 Å². The van der Waals surface area contributed by atoms with Crippen LogP contribution in [0.3, 0.4) is 0 Å². The molecule has 0 fully saturated rings. The third-order valence-corrected chi connectivity index (χ3v) is 8.88. The Morgan fingerprint density at radius 3 is 1.73 bits per heavy atom. The third kappa shape index (κ3) is 19.2. The van der Waals surface area contributed by atoms with Crippen LogP contribution in [0.4, 0.5) is 0 Å². The average Bonchev–Trinajstić information content (AvgIpc) is 2.97. The SMILES string of the molecule is CC#N.CC(=O)OC/C=C(C)/C=C/C=C(C)/C=C/C1=C(C)CCCC1(C)C.CC1=C(/C=C/C(C)=C/CC/C(C)=C/C=O)C(C)(C)CCC1. The first-order valence-corrected chi connectivity index (χ1v) is 17.5. The van der Waals surface area contributed by atoms with Gasteiger partial charge in [-0.05, 0) is 127 Å². The predicted molar refractivity (Wildman–Crippen MR) is 206 cm³/mol. The van der Waals surface area contributed by atoms with Gasteiger partial charge in [-0.3, -0.25) is 9.59 Å². The Kier molecular flexibility index (Phi) is 21.8. The van der Waals surface area contributed by atoms with E-state index in [0.717, 1.165) is 30.3 Å². The standard InChI is InChI=1S/C22H32O2.C20H30O.C2H3N/c1-17(9-7-10-18(2)14-16-24-20(4)23)12-13-21-19(3)11-8-15-22(21,5)6;1-16(8-6-9-17(2)13-15-21)11-12-19-18(3)10-7-14-20(19,4)5;1-2-3/h7,9-10,12-14H,8,11,15-16H2,1-6H3;8,11-13,15H,6-7,9-10,14H2,1-5H3;1H3/b10-7+,13-12+,17-9+,18-14+;12-11+,16-8+,17-13+;. The van der Waals surface area contributed by atoms with Crippen LogP contribution in [0.5, 0.6) is 0 Å². The number of allylic oxidation sites excluding steroid dienone is 17. The van der Waals surface area contributed by atoms with Gasteiger partial charge in [-0.25, -0.2) is 0 Å². The number of rotatable bonds is 12. The topological polar surface area (TPSA) is 67.2 Å². The van der Waals surface area contributed by atoms with Crippen molar-refractivity contribution < 1.29 is 14.3 Å². The zero-order chi connectivity index (χ0) is 36.8. The molecule has 2 rings (SSSR count). The van der Waals surface area contributed by atoms with Crippen LogP contribution >= 0.6 is 0 Å². The van der Waals surface area contributed by atoms with Crippen molar-refractivity contribution in [2.45, 2.75) is 134 Å². The van der Waals surface area contributed by atoms with Gasteiger partial charge in [0, 0.05) is 13.8 Å². The van der Waals surface area contributed by atoms with Crippen LogP contribution in [0, 0.1) is 22.2 Å². The Morgan fingerprint density at radius 2 is 1.27 bits per heavy atom. The summed E-state index contributed by atoms with van der Waals surface area (Å²) in [6, 6.07) is 1.75. The maximum absolute atomic E-state index is 10.7. The quantitative estimate of drug-likeness (QED) is 0.0908. The number of carbonyl (C=O) groups is 2. The lowest BCUT2D eigenvalue weighted by atomic mass is 9.72. The molecule has 4 nitrogen and oxygen atoms in total. The largest absolute Gasteiger partial charge is 0.462 e. The van der Waals surface area contributed by atoms with E-state index in [4.69, 9.17) is 10.00 Å². The van der Waals surface area contributed by atoms with Gasteiger partial charge in [0.25, 0.3) is 0 Å². The van der Waals surface area contributed by atoms with Crippen molar-refractivity contribution in [2.24, 2.45) is 10.8 Å². The van der Waals surface area contributed by atoms with Gasteiger partial charge in [0.1, 0.15) is 12.9 Å². The van der Waals surface area contributed by atoms with Gasteiger partial charge < -0.3 is 4.74 Å². The summed E-state index contributed by atoms with van der Waals surface area (Å²) >= 11 is 0. The molecule has 0 aromatic rings. The summed E-state index contributed by atoms with van der Waals surface area (Å²) in [7, 11) is 0. The molecule has 0 N–H and O–H groups in total. The lowest BCUT2D eigenvalue weighted by Crippen LogP contribution is -2.19. The maximum Gasteiger partial charge on any atom is 0.302 e. The fraction of sp³-hybridized carbons (Fsp3) is 0.523.